The molecule has 1 N–H and O–H groups in total. The van der Waals surface area contributed by atoms with Crippen molar-refractivity contribution >= 4 is 0 Å². The maximum atomic E-state index is 13.2. The van der Waals surface area contributed by atoms with Crippen molar-refractivity contribution in [2.75, 3.05) is 6.54 Å². The van der Waals surface area contributed by atoms with Crippen LogP contribution < -0.4 is 5.32 Å². The molecule has 3 heteroatoms. The zero-order chi connectivity index (χ0) is 13.2. The molecule has 1 fully saturated rings. The van der Waals surface area contributed by atoms with Gasteiger partial charge in [0.1, 0.15) is 11.6 Å². The van der Waals surface area contributed by atoms with Crippen LogP contribution in [0.2, 0.25) is 0 Å². The zero-order valence-electron chi connectivity index (χ0n) is 11.1. The normalized spacial score (nSPS) is 18.7. The number of benzene rings is 1. The van der Waals surface area contributed by atoms with Crippen molar-refractivity contribution in [3.63, 3.8) is 0 Å². The van der Waals surface area contributed by atoms with E-state index in [-0.39, 0.29) is 0 Å². The Labute approximate surface area is 108 Å². The number of halogens is 2. The Bertz CT molecular complexity index is 393. The summed E-state index contributed by atoms with van der Waals surface area (Å²) in [5.41, 5.74) is 1.05. The summed E-state index contributed by atoms with van der Waals surface area (Å²) in [7, 11) is 0. The van der Waals surface area contributed by atoms with Crippen LogP contribution in [0.4, 0.5) is 8.78 Å². The van der Waals surface area contributed by atoms with Crippen molar-refractivity contribution in [2.45, 2.75) is 45.6 Å². The molecular formula is C15H21F2N. The quantitative estimate of drug-likeness (QED) is 0.815. The Balaban J connectivity index is 2.07. The first kappa shape index (κ1) is 13.5. The van der Waals surface area contributed by atoms with Gasteiger partial charge in [-0.05, 0) is 55.3 Å². The van der Waals surface area contributed by atoms with Crippen LogP contribution in [-0.2, 0) is 6.42 Å². The summed E-state index contributed by atoms with van der Waals surface area (Å²) in [6.45, 7) is 5.33. The summed E-state index contributed by atoms with van der Waals surface area (Å²) >= 11 is 0. The first-order valence-electron chi connectivity index (χ1n) is 6.72. The van der Waals surface area contributed by atoms with E-state index in [4.69, 9.17) is 0 Å². The van der Waals surface area contributed by atoms with Crippen LogP contribution in [0, 0.1) is 17.0 Å². The number of nitrogens with one attached hydrogen (secondary N) is 1. The summed E-state index contributed by atoms with van der Waals surface area (Å²) in [6, 6.07) is 4.13. The van der Waals surface area contributed by atoms with Crippen LogP contribution in [0.3, 0.4) is 0 Å². The zero-order valence-corrected chi connectivity index (χ0v) is 11.1. The molecule has 1 aliphatic rings. The van der Waals surface area contributed by atoms with Gasteiger partial charge in [0.05, 0.1) is 0 Å². The third kappa shape index (κ3) is 3.29. The van der Waals surface area contributed by atoms with Gasteiger partial charge >= 0.3 is 0 Å². The number of hydrogen-bond acceptors (Lipinski definition) is 1. The molecule has 0 amide bonds. The standard InChI is InChI=1S/C15H21F2N/c1-3-6-18-14(15(2)4-5-15)9-11-7-12(16)10-13(17)8-11/h7-8,10,14,18H,3-6,9H2,1-2H3. The van der Waals surface area contributed by atoms with E-state index in [0.29, 0.717) is 17.9 Å². The SMILES string of the molecule is CCCNC(Cc1cc(F)cc(F)c1)C1(C)CC1. The summed E-state index contributed by atoms with van der Waals surface area (Å²) in [4.78, 5) is 0. The van der Waals surface area contributed by atoms with Crippen molar-refractivity contribution < 1.29 is 8.78 Å². The van der Waals surface area contributed by atoms with Crippen molar-refractivity contribution in [3.8, 4) is 0 Å². The predicted octanol–water partition coefficient (Wildman–Crippen LogP) is 3.68. The molecule has 1 unspecified atom stereocenters. The second-order valence-electron chi connectivity index (χ2n) is 5.64. The average Bonchev–Trinajstić information content (AvgIpc) is 3.02. The Morgan fingerprint density at radius 2 is 1.83 bits per heavy atom. The minimum absolute atomic E-state index is 0.304. The average molecular weight is 253 g/mol. The van der Waals surface area contributed by atoms with Crippen LogP contribution in [0.25, 0.3) is 0 Å². The Morgan fingerprint density at radius 3 is 2.33 bits per heavy atom. The minimum atomic E-state index is -0.486. The molecule has 2 rings (SSSR count). The highest BCUT2D eigenvalue weighted by Gasteiger charge is 2.44. The largest absolute Gasteiger partial charge is 0.313 e. The van der Waals surface area contributed by atoms with E-state index in [1.807, 2.05) is 0 Å². The molecule has 0 spiro atoms. The minimum Gasteiger partial charge on any atom is -0.313 e. The van der Waals surface area contributed by atoms with E-state index in [9.17, 15) is 8.78 Å². The van der Waals surface area contributed by atoms with Gasteiger partial charge in [-0.2, -0.15) is 0 Å². The molecule has 0 aromatic heterocycles. The smallest absolute Gasteiger partial charge is 0.126 e. The first-order valence-corrected chi connectivity index (χ1v) is 6.72. The summed E-state index contributed by atoms with van der Waals surface area (Å²) in [5.74, 6) is -0.972. The summed E-state index contributed by atoms with van der Waals surface area (Å²) in [6.07, 6.45) is 4.17. The fraction of sp³-hybridized carbons (Fsp3) is 0.600. The lowest BCUT2D eigenvalue weighted by molar-refractivity contribution is 0.353. The molecule has 1 aromatic rings. The van der Waals surface area contributed by atoms with Gasteiger partial charge in [0, 0.05) is 12.1 Å². The van der Waals surface area contributed by atoms with Crippen molar-refractivity contribution in [2.24, 2.45) is 5.41 Å². The highest BCUT2D eigenvalue weighted by atomic mass is 19.1. The van der Waals surface area contributed by atoms with Crippen molar-refractivity contribution in [1.82, 2.24) is 5.32 Å². The molecule has 1 aliphatic carbocycles. The van der Waals surface area contributed by atoms with Gasteiger partial charge < -0.3 is 5.32 Å². The second kappa shape index (κ2) is 5.35. The van der Waals surface area contributed by atoms with Gasteiger partial charge in [0.2, 0.25) is 0 Å². The van der Waals surface area contributed by atoms with Crippen molar-refractivity contribution in [3.05, 3.63) is 35.4 Å². The summed E-state index contributed by atoms with van der Waals surface area (Å²) < 4.78 is 26.4. The van der Waals surface area contributed by atoms with Gasteiger partial charge in [0.25, 0.3) is 0 Å². The Morgan fingerprint density at radius 1 is 1.22 bits per heavy atom. The number of rotatable bonds is 6. The maximum Gasteiger partial charge on any atom is 0.126 e. The molecule has 18 heavy (non-hydrogen) atoms. The van der Waals surface area contributed by atoms with Crippen LogP contribution in [0.15, 0.2) is 18.2 Å². The monoisotopic (exact) mass is 253 g/mol. The molecule has 0 saturated heterocycles. The lowest BCUT2D eigenvalue weighted by atomic mass is 9.92. The molecule has 0 radical (unpaired) electrons. The highest BCUT2D eigenvalue weighted by molar-refractivity contribution is 5.20. The summed E-state index contributed by atoms with van der Waals surface area (Å²) in [5, 5.41) is 3.51. The van der Waals surface area contributed by atoms with Gasteiger partial charge in [-0.15, -0.1) is 0 Å². The van der Waals surface area contributed by atoms with Crippen molar-refractivity contribution in [1.29, 1.82) is 0 Å². The fourth-order valence-electron chi connectivity index (χ4n) is 2.39. The molecule has 1 nitrogen and oxygen atoms in total. The Hall–Kier alpha value is -0.960. The van der Waals surface area contributed by atoms with Crippen LogP contribution in [-0.4, -0.2) is 12.6 Å². The lowest BCUT2D eigenvalue weighted by Gasteiger charge is -2.25. The third-order valence-corrected chi connectivity index (χ3v) is 3.88. The maximum absolute atomic E-state index is 13.2. The molecule has 0 heterocycles. The molecule has 1 atom stereocenters. The molecule has 1 aromatic carbocycles. The van der Waals surface area contributed by atoms with Crippen LogP contribution in [0.1, 0.15) is 38.7 Å². The topological polar surface area (TPSA) is 12.0 Å². The predicted molar refractivity (Wildman–Crippen MR) is 69.5 cm³/mol. The Kier molecular flexibility index (Phi) is 4.00. The fourth-order valence-corrected chi connectivity index (χ4v) is 2.39. The van der Waals surface area contributed by atoms with Gasteiger partial charge in [-0.25, -0.2) is 8.78 Å². The molecule has 100 valence electrons. The van der Waals surface area contributed by atoms with Gasteiger partial charge in [0.15, 0.2) is 0 Å². The van der Waals surface area contributed by atoms with E-state index >= 15 is 0 Å². The second-order valence-corrected chi connectivity index (χ2v) is 5.64. The van der Waals surface area contributed by atoms with Crippen LogP contribution >= 0.6 is 0 Å². The number of hydrogen-bond donors (Lipinski definition) is 1. The van der Waals surface area contributed by atoms with E-state index in [1.54, 1.807) is 0 Å². The third-order valence-electron chi connectivity index (χ3n) is 3.88. The molecule has 0 aliphatic heterocycles. The van der Waals surface area contributed by atoms with E-state index in [0.717, 1.165) is 24.6 Å². The molecule has 1 saturated carbocycles. The molecule has 0 bridgehead atoms. The van der Waals surface area contributed by atoms with Crippen LogP contribution in [0.5, 0.6) is 0 Å². The first-order chi connectivity index (χ1) is 8.53. The van der Waals surface area contributed by atoms with E-state index in [1.165, 1.54) is 25.0 Å². The highest BCUT2D eigenvalue weighted by Crippen LogP contribution is 2.49. The lowest BCUT2D eigenvalue weighted by Crippen LogP contribution is -2.38. The van der Waals surface area contributed by atoms with E-state index < -0.39 is 11.6 Å². The van der Waals surface area contributed by atoms with Gasteiger partial charge in [-0.1, -0.05) is 13.8 Å². The van der Waals surface area contributed by atoms with E-state index in [2.05, 4.69) is 19.2 Å². The van der Waals surface area contributed by atoms with Gasteiger partial charge in [-0.3, -0.25) is 0 Å². The molecular weight excluding hydrogens is 232 g/mol.